The quantitative estimate of drug-likeness (QED) is 0.283. The number of carbonyl (C=O) groups is 2. The van der Waals surface area contributed by atoms with Gasteiger partial charge in [-0.3, -0.25) is 14.1 Å². The Bertz CT molecular complexity index is 1880. The highest BCUT2D eigenvalue weighted by atomic mass is 19.4. The molecule has 9 nitrogen and oxygen atoms in total. The second-order valence-corrected chi connectivity index (χ2v) is 12.7. The van der Waals surface area contributed by atoms with Crippen LogP contribution in [0.1, 0.15) is 65.6 Å². The smallest absolute Gasteiger partial charge is 0.416 e. The lowest BCUT2D eigenvalue weighted by molar-refractivity contribution is -0.138. The molecule has 2 aliphatic heterocycles. The van der Waals surface area contributed by atoms with Crippen LogP contribution in [-0.4, -0.2) is 67.2 Å². The largest absolute Gasteiger partial charge is 0.444 e. The summed E-state index contributed by atoms with van der Waals surface area (Å²) in [5.74, 6) is 5.89. The molecular weight excluding hydrogens is 597 g/mol. The Morgan fingerprint density at radius 2 is 1.80 bits per heavy atom. The molecule has 12 heteroatoms. The molecule has 2 aromatic heterocycles. The number of halogens is 3. The summed E-state index contributed by atoms with van der Waals surface area (Å²) < 4.78 is 50.0. The van der Waals surface area contributed by atoms with E-state index in [1.165, 1.54) is 12.1 Å². The first kappa shape index (κ1) is 31.1. The number of hydrogen-bond donors (Lipinski definition) is 1. The second-order valence-electron chi connectivity index (χ2n) is 12.7. The van der Waals surface area contributed by atoms with Crippen LogP contribution in [-0.2, 0) is 17.5 Å². The summed E-state index contributed by atoms with van der Waals surface area (Å²) in [7, 11) is 0. The normalized spacial score (nSPS) is 18.0. The predicted molar refractivity (Wildman–Crippen MR) is 165 cm³/mol. The zero-order valence-electron chi connectivity index (χ0n) is 25.9. The first-order chi connectivity index (χ1) is 21.7. The minimum Gasteiger partial charge on any atom is -0.444 e. The zero-order valence-corrected chi connectivity index (χ0v) is 25.9. The molecule has 2 unspecified atom stereocenters. The Labute approximate surface area is 264 Å². The van der Waals surface area contributed by atoms with Gasteiger partial charge >= 0.3 is 12.3 Å². The number of pyridine rings is 1. The van der Waals surface area contributed by atoms with Crippen molar-refractivity contribution in [2.75, 3.05) is 18.4 Å². The molecular formula is C34H33F3N6O3. The van der Waals surface area contributed by atoms with Crippen LogP contribution < -0.4 is 5.32 Å². The predicted octanol–water partition coefficient (Wildman–Crippen LogP) is 5.90. The highest BCUT2D eigenvalue weighted by Gasteiger charge is 2.47. The van der Waals surface area contributed by atoms with Crippen LogP contribution >= 0.6 is 0 Å². The lowest BCUT2D eigenvalue weighted by atomic mass is 10.0. The number of alkyl halides is 3. The van der Waals surface area contributed by atoms with Crippen molar-refractivity contribution in [3.8, 4) is 11.8 Å². The van der Waals surface area contributed by atoms with Gasteiger partial charge in [0.15, 0.2) is 5.65 Å². The van der Waals surface area contributed by atoms with E-state index in [0.717, 1.165) is 11.6 Å². The molecule has 238 valence electrons. The van der Waals surface area contributed by atoms with Crippen LogP contribution in [0.25, 0.3) is 5.65 Å². The van der Waals surface area contributed by atoms with Gasteiger partial charge in [-0.1, -0.05) is 24.1 Å². The van der Waals surface area contributed by atoms with Crippen molar-refractivity contribution in [3.05, 3.63) is 94.4 Å². The zero-order chi connectivity index (χ0) is 32.8. The second kappa shape index (κ2) is 11.8. The van der Waals surface area contributed by atoms with E-state index in [2.05, 4.69) is 27.4 Å². The monoisotopic (exact) mass is 630 g/mol. The Morgan fingerprint density at radius 1 is 1.00 bits per heavy atom. The van der Waals surface area contributed by atoms with Crippen molar-refractivity contribution in [1.29, 1.82) is 0 Å². The fourth-order valence-corrected chi connectivity index (χ4v) is 5.91. The number of rotatable bonds is 4. The number of hydrogen-bond acceptors (Lipinski definition) is 6. The average Bonchev–Trinajstić information content (AvgIpc) is 3.71. The third-order valence-electron chi connectivity index (χ3n) is 8.15. The Hall–Kier alpha value is -4.89. The summed E-state index contributed by atoms with van der Waals surface area (Å²) in [5, 5.41) is 10.8. The van der Waals surface area contributed by atoms with Crippen molar-refractivity contribution in [1.82, 2.24) is 24.4 Å². The summed E-state index contributed by atoms with van der Waals surface area (Å²) >= 11 is 0. The van der Waals surface area contributed by atoms with E-state index in [9.17, 15) is 22.8 Å². The number of aromatic nitrogens is 3. The fourth-order valence-electron chi connectivity index (χ4n) is 5.91. The molecule has 2 amide bonds. The van der Waals surface area contributed by atoms with Gasteiger partial charge in [0, 0.05) is 54.7 Å². The van der Waals surface area contributed by atoms with E-state index in [0.29, 0.717) is 36.5 Å². The topological polar surface area (TPSA) is 92.1 Å². The third kappa shape index (κ3) is 6.55. The number of piperazine rings is 1. The number of nitrogens with zero attached hydrogens (tertiary/aromatic N) is 5. The highest BCUT2D eigenvalue weighted by Crippen LogP contribution is 2.38. The maximum atomic E-state index is 14.2. The molecule has 2 aliphatic rings. The van der Waals surface area contributed by atoms with Gasteiger partial charge in [0.1, 0.15) is 5.60 Å². The van der Waals surface area contributed by atoms with Gasteiger partial charge in [-0.05, 0) is 87.6 Å². The van der Waals surface area contributed by atoms with Crippen LogP contribution in [0, 0.1) is 18.8 Å². The Kier molecular flexibility index (Phi) is 7.98. The van der Waals surface area contributed by atoms with E-state index in [1.807, 2.05) is 30.0 Å². The standard InChI is InChI=1S/C34H33F3N6O3/c1-21-8-9-23(15-22(21)11-13-30-40-39-29-7-5-6-14-42(29)30)31(44)38-25-12-10-24(28(16-25)34(35,36)37)18-41-19-27-17-26(41)20-43(27)32(45)46-33(2,3)4/h5-10,12,14-16,26-27H,17-20H2,1-4H3,(H,38,44). The number of ether oxygens (including phenoxy) is 1. The number of anilines is 1. The van der Waals surface area contributed by atoms with Crippen molar-refractivity contribution < 1.29 is 27.5 Å². The Morgan fingerprint density at radius 3 is 2.52 bits per heavy atom. The SMILES string of the molecule is Cc1ccc(C(=O)Nc2ccc(CN3CC4CC3CN4C(=O)OC(C)(C)C)c(C(F)(F)F)c2)cc1C#Cc1nnc2ccccn12. The maximum Gasteiger partial charge on any atom is 0.416 e. The molecule has 0 saturated carbocycles. The van der Waals surface area contributed by atoms with Crippen LogP contribution in [0.4, 0.5) is 23.7 Å². The van der Waals surface area contributed by atoms with Crippen molar-refractivity contribution in [2.24, 2.45) is 0 Å². The van der Waals surface area contributed by atoms with Crippen molar-refractivity contribution in [2.45, 2.75) is 64.5 Å². The molecule has 0 spiro atoms. The lowest BCUT2D eigenvalue weighted by Crippen LogP contribution is -2.49. The maximum absolute atomic E-state index is 14.2. The van der Waals surface area contributed by atoms with Gasteiger partial charge in [-0.25, -0.2) is 4.79 Å². The number of likely N-dealkylation sites (tertiary alicyclic amines) is 2. The summed E-state index contributed by atoms with van der Waals surface area (Å²) in [6.45, 7) is 8.20. The molecule has 4 heterocycles. The van der Waals surface area contributed by atoms with E-state index in [4.69, 9.17) is 4.74 Å². The fraction of sp³-hybridized carbons (Fsp3) is 0.353. The number of fused-ring (bicyclic) bond motifs is 3. The van der Waals surface area contributed by atoms with Gasteiger partial charge in [-0.15, -0.1) is 10.2 Å². The molecule has 2 atom stereocenters. The number of amides is 2. The van der Waals surface area contributed by atoms with Gasteiger partial charge in [0.25, 0.3) is 5.91 Å². The number of aryl methyl sites for hydroxylation is 1. The lowest BCUT2D eigenvalue weighted by Gasteiger charge is -2.35. The van der Waals surface area contributed by atoms with E-state index >= 15 is 0 Å². The van der Waals surface area contributed by atoms with Gasteiger partial charge < -0.3 is 15.0 Å². The molecule has 4 aromatic rings. The molecule has 2 saturated heterocycles. The van der Waals surface area contributed by atoms with E-state index in [-0.39, 0.29) is 35.4 Å². The summed E-state index contributed by atoms with van der Waals surface area (Å²) in [6.07, 6.45) is -2.54. The number of benzene rings is 2. The highest BCUT2D eigenvalue weighted by molar-refractivity contribution is 6.04. The molecule has 2 aromatic carbocycles. The molecule has 0 aliphatic carbocycles. The van der Waals surface area contributed by atoms with Crippen molar-refractivity contribution in [3.63, 3.8) is 0 Å². The first-order valence-electron chi connectivity index (χ1n) is 14.9. The minimum atomic E-state index is -4.63. The molecule has 2 fully saturated rings. The molecule has 2 bridgehead atoms. The molecule has 46 heavy (non-hydrogen) atoms. The summed E-state index contributed by atoms with van der Waals surface area (Å²) in [5.41, 5.74) is 1.01. The van der Waals surface area contributed by atoms with Gasteiger partial charge in [-0.2, -0.15) is 13.2 Å². The minimum absolute atomic E-state index is 0.0308. The van der Waals surface area contributed by atoms with Gasteiger partial charge in [0.2, 0.25) is 5.82 Å². The van der Waals surface area contributed by atoms with Gasteiger partial charge in [0.05, 0.1) is 5.56 Å². The molecule has 6 rings (SSSR count). The average molecular weight is 631 g/mol. The number of nitrogens with one attached hydrogen (secondary N) is 1. The van der Waals surface area contributed by atoms with Crippen LogP contribution in [0.15, 0.2) is 60.8 Å². The molecule has 0 radical (unpaired) electrons. The van der Waals surface area contributed by atoms with Crippen LogP contribution in [0.2, 0.25) is 0 Å². The first-order valence-corrected chi connectivity index (χ1v) is 14.9. The molecule has 1 N–H and O–H groups in total. The summed E-state index contributed by atoms with van der Waals surface area (Å²) in [4.78, 5) is 29.4. The third-order valence-corrected chi connectivity index (χ3v) is 8.15. The number of carbonyl (C=O) groups excluding carboxylic acids is 2. The van der Waals surface area contributed by atoms with E-state index < -0.39 is 29.3 Å². The van der Waals surface area contributed by atoms with Crippen molar-refractivity contribution >= 4 is 23.3 Å². The van der Waals surface area contributed by atoms with E-state index in [1.54, 1.807) is 54.5 Å². The van der Waals surface area contributed by atoms with Crippen LogP contribution in [0.5, 0.6) is 0 Å². The Balaban J connectivity index is 1.16. The van der Waals surface area contributed by atoms with Crippen LogP contribution in [0.3, 0.4) is 0 Å². The summed E-state index contributed by atoms with van der Waals surface area (Å²) in [6, 6.07) is 14.1.